The van der Waals surface area contributed by atoms with Gasteiger partial charge in [-0.3, -0.25) is 4.79 Å². The van der Waals surface area contributed by atoms with E-state index in [0.717, 1.165) is 0 Å². The normalized spacial score (nSPS) is 19.8. The first-order valence-corrected chi connectivity index (χ1v) is 8.37. The number of thiophene rings is 1. The number of nitrogens with two attached hydrogens (primary N) is 1. The molecule has 20 heavy (non-hydrogen) atoms. The zero-order valence-electron chi connectivity index (χ0n) is 12.7. The van der Waals surface area contributed by atoms with Crippen molar-refractivity contribution in [3.05, 3.63) is 22.4 Å². The molecular weight excluding hydrogens is 268 g/mol. The second kappa shape index (κ2) is 6.27. The van der Waals surface area contributed by atoms with Gasteiger partial charge in [-0.05, 0) is 35.6 Å². The Kier molecular flexibility index (Phi) is 4.86. The third kappa shape index (κ3) is 3.61. The van der Waals surface area contributed by atoms with Crippen molar-refractivity contribution in [2.75, 3.05) is 0 Å². The van der Waals surface area contributed by atoms with Crippen molar-refractivity contribution in [3.63, 3.8) is 0 Å². The Balaban J connectivity index is 2.10. The molecule has 0 aliphatic heterocycles. The average Bonchev–Trinajstić information content (AvgIpc) is 3.06. The Morgan fingerprint density at radius 1 is 1.40 bits per heavy atom. The summed E-state index contributed by atoms with van der Waals surface area (Å²) in [6.07, 6.45) is 4.95. The van der Waals surface area contributed by atoms with Crippen LogP contribution in [0.2, 0.25) is 0 Å². The summed E-state index contributed by atoms with van der Waals surface area (Å²) < 4.78 is 0. The number of hydrogen-bond acceptors (Lipinski definition) is 3. The molecule has 1 fully saturated rings. The van der Waals surface area contributed by atoms with E-state index >= 15 is 0 Å². The summed E-state index contributed by atoms with van der Waals surface area (Å²) in [4.78, 5) is 13.7. The van der Waals surface area contributed by atoms with Crippen molar-refractivity contribution in [2.45, 2.75) is 58.5 Å². The molecule has 0 radical (unpaired) electrons. The zero-order valence-corrected chi connectivity index (χ0v) is 13.5. The van der Waals surface area contributed by atoms with Gasteiger partial charge in [0.1, 0.15) is 0 Å². The molecule has 1 unspecified atom stereocenters. The molecule has 3 nitrogen and oxygen atoms in total. The second-order valence-corrected chi connectivity index (χ2v) is 7.87. The Bertz CT molecular complexity index is 430. The van der Waals surface area contributed by atoms with Crippen molar-refractivity contribution in [2.24, 2.45) is 17.1 Å². The van der Waals surface area contributed by atoms with Gasteiger partial charge in [-0.25, -0.2) is 0 Å². The highest BCUT2D eigenvalue weighted by Crippen LogP contribution is 2.37. The van der Waals surface area contributed by atoms with Crippen LogP contribution in [0.4, 0.5) is 0 Å². The maximum Gasteiger partial charge on any atom is 0.237 e. The molecule has 1 saturated carbocycles. The van der Waals surface area contributed by atoms with Crippen molar-refractivity contribution >= 4 is 17.2 Å². The largest absolute Gasteiger partial charge is 0.347 e. The molecule has 0 saturated heterocycles. The molecular formula is C16H26N2OS. The monoisotopic (exact) mass is 294 g/mol. The Morgan fingerprint density at radius 2 is 2.05 bits per heavy atom. The van der Waals surface area contributed by atoms with Gasteiger partial charge in [0.25, 0.3) is 0 Å². The van der Waals surface area contributed by atoms with Crippen molar-refractivity contribution < 1.29 is 4.79 Å². The molecule has 2 atom stereocenters. The van der Waals surface area contributed by atoms with Crippen LogP contribution in [0.1, 0.15) is 57.4 Å². The predicted molar refractivity (Wildman–Crippen MR) is 84.6 cm³/mol. The first-order valence-electron chi connectivity index (χ1n) is 7.49. The third-order valence-corrected chi connectivity index (χ3v) is 5.19. The van der Waals surface area contributed by atoms with Gasteiger partial charge in [0, 0.05) is 4.88 Å². The molecule has 112 valence electrons. The van der Waals surface area contributed by atoms with Crippen LogP contribution in [0.25, 0.3) is 0 Å². The van der Waals surface area contributed by atoms with Crippen molar-refractivity contribution in [3.8, 4) is 0 Å². The molecule has 1 heterocycles. The fourth-order valence-corrected chi connectivity index (χ4v) is 3.69. The third-order valence-electron chi connectivity index (χ3n) is 4.23. The summed E-state index contributed by atoms with van der Waals surface area (Å²) in [6.45, 7) is 6.02. The van der Waals surface area contributed by atoms with Gasteiger partial charge in [-0.1, -0.05) is 39.7 Å². The highest BCUT2D eigenvalue weighted by Gasteiger charge is 2.33. The SMILES string of the molecule is CC(C)(C)[C@@H](N)C(=O)NC(c1cccs1)C1CCCC1. The van der Waals surface area contributed by atoms with E-state index in [1.165, 1.54) is 30.6 Å². The molecule has 0 aromatic carbocycles. The molecule has 0 spiro atoms. The Labute approximate surface area is 125 Å². The summed E-state index contributed by atoms with van der Waals surface area (Å²) >= 11 is 1.72. The van der Waals surface area contributed by atoms with Gasteiger partial charge < -0.3 is 11.1 Å². The van der Waals surface area contributed by atoms with Crippen LogP contribution in [0.15, 0.2) is 17.5 Å². The van der Waals surface area contributed by atoms with Crippen LogP contribution in [0, 0.1) is 11.3 Å². The molecule has 1 aromatic rings. The molecule has 3 N–H and O–H groups in total. The minimum atomic E-state index is -0.466. The topological polar surface area (TPSA) is 55.1 Å². The van der Waals surface area contributed by atoms with Gasteiger partial charge in [-0.15, -0.1) is 11.3 Å². The number of rotatable bonds is 4. The smallest absolute Gasteiger partial charge is 0.237 e. The van der Waals surface area contributed by atoms with Crippen LogP contribution in [-0.4, -0.2) is 11.9 Å². The van der Waals surface area contributed by atoms with E-state index < -0.39 is 6.04 Å². The van der Waals surface area contributed by atoms with E-state index in [2.05, 4.69) is 22.8 Å². The lowest BCUT2D eigenvalue weighted by Gasteiger charge is -2.30. The zero-order chi connectivity index (χ0) is 14.8. The van der Waals surface area contributed by atoms with E-state index in [1.54, 1.807) is 11.3 Å². The lowest BCUT2D eigenvalue weighted by Crippen LogP contribution is -2.50. The first kappa shape index (κ1) is 15.5. The van der Waals surface area contributed by atoms with Gasteiger partial charge in [0.15, 0.2) is 0 Å². The molecule has 1 aliphatic rings. The van der Waals surface area contributed by atoms with Gasteiger partial charge >= 0.3 is 0 Å². The highest BCUT2D eigenvalue weighted by atomic mass is 32.1. The van der Waals surface area contributed by atoms with Crippen LogP contribution in [0.5, 0.6) is 0 Å². The number of carbonyl (C=O) groups excluding carboxylic acids is 1. The van der Waals surface area contributed by atoms with Crippen LogP contribution in [0.3, 0.4) is 0 Å². The fourth-order valence-electron chi connectivity index (χ4n) is 2.82. The van der Waals surface area contributed by atoms with Crippen LogP contribution >= 0.6 is 11.3 Å². The standard InChI is InChI=1S/C16H26N2OS/c1-16(2,3)14(17)15(19)18-13(11-7-4-5-8-11)12-9-6-10-20-12/h6,9-11,13-14H,4-5,7-8,17H2,1-3H3,(H,18,19)/t13?,14-/m0/s1. The summed E-state index contributed by atoms with van der Waals surface area (Å²) in [7, 11) is 0. The van der Waals surface area contributed by atoms with Crippen LogP contribution < -0.4 is 11.1 Å². The van der Waals surface area contributed by atoms with Crippen molar-refractivity contribution in [1.82, 2.24) is 5.32 Å². The lowest BCUT2D eigenvalue weighted by molar-refractivity contribution is -0.125. The number of amides is 1. The predicted octanol–water partition coefficient (Wildman–Crippen LogP) is 3.47. The number of carbonyl (C=O) groups is 1. The van der Waals surface area contributed by atoms with Gasteiger partial charge in [-0.2, -0.15) is 0 Å². The number of nitrogens with one attached hydrogen (secondary N) is 1. The van der Waals surface area contributed by atoms with Crippen molar-refractivity contribution in [1.29, 1.82) is 0 Å². The lowest BCUT2D eigenvalue weighted by atomic mass is 9.86. The number of hydrogen-bond donors (Lipinski definition) is 2. The minimum absolute atomic E-state index is 0.0252. The molecule has 0 bridgehead atoms. The summed E-state index contributed by atoms with van der Waals surface area (Å²) in [5.74, 6) is 0.535. The second-order valence-electron chi connectivity index (χ2n) is 6.89. The van der Waals surface area contributed by atoms with E-state index in [4.69, 9.17) is 5.73 Å². The average molecular weight is 294 g/mol. The first-order chi connectivity index (χ1) is 9.39. The van der Waals surface area contributed by atoms with E-state index in [-0.39, 0.29) is 17.4 Å². The van der Waals surface area contributed by atoms with Gasteiger partial charge in [0.2, 0.25) is 5.91 Å². The van der Waals surface area contributed by atoms with E-state index in [0.29, 0.717) is 5.92 Å². The summed E-state index contributed by atoms with van der Waals surface area (Å²) in [5.41, 5.74) is 5.88. The summed E-state index contributed by atoms with van der Waals surface area (Å²) in [6, 6.07) is 3.85. The maximum absolute atomic E-state index is 12.4. The minimum Gasteiger partial charge on any atom is -0.347 e. The van der Waals surface area contributed by atoms with E-state index in [9.17, 15) is 4.79 Å². The highest BCUT2D eigenvalue weighted by molar-refractivity contribution is 7.10. The molecule has 2 rings (SSSR count). The maximum atomic E-state index is 12.4. The van der Waals surface area contributed by atoms with E-state index in [1.807, 2.05) is 20.8 Å². The summed E-state index contributed by atoms with van der Waals surface area (Å²) in [5, 5.41) is 5.29. The molecule has 4 heteroatoms. The Morgan fingerprint density at radius 3 is 2.55 bits per heavy atom. The molecule has 1 amide bonds. The quantitative estimate of drug-likeness (QED) is 0.893. The molecule has 1 aromatic heterocycles. The fraction of sp³-hybridized carbons (Fsp3) is 0.688. The Hall–Kier alpha value is -0.870. The van der Waals surface area contributed by atoms with Gasteiger partial charge in [0.05, 0.1) is 12.1 Å². The van der Waals surface area contributed by atoms with Crippen LogP contribution in [-0.2, 0) is 4.79 Å². The molecule has 1 aliphatic carbocycles.